The Morgan fingerprint density at radius 3 is 2.21 bits per heavy atom. The van der Waals surface area contributed by atoms with Crippen molar-refractivity contribution in [1.29, 1.82) is 0 Å². The lowest BCUT2D eigenvalue weighted by Gasteiger charge is -2.24. The minimum absolute atomic E-state index is 0.0329. The van der Waals surface area contributed by atoms with Crippen LogP contribution in [0.5, 0.6) is 0 Å². The van der Waals surface area contributed by atoms with E-state index in [1.54, 1.807) is 0 Å². The Morgan fingerprint density at radius 1 is 1.06 bits per heavy atom. The molecule has 33 heavy (non-hydrogen) atoms. The van der Waals surface area contributed by atoms with Gasteiger partial charge in [0.2, 0.25) is 5.91 Å². The lowest BCUT2D eigenvalue weighted by molar-refractivity contribution is -0.144. The van der Waals surface area contributed by atoms with E-state index >= 15 is 0 Å². The van der Waals surface area contributed by atoms with Crippen LogP contribution in [0.4, 0.5) is 4.79 Å². The zero-order valence-corrected chi connectivity index (χ0v) is 18.8. The van der Waals surface area contributed by atoms with Crippen LogP contribution in [0.25, 0.3) is 11.1 Å². The Morgan fingerprint density at radius 2 is 1.67 bits per heavy atom. The molecule has 2 N–H and O–H groups in total. The van der Waals surface area contributed by atoms with Crippen molar-refractivity contribution >= 4 is 18.0 Å². The Kier molecular flexibility index (Phi) is 6.96. The third kappa shape index (κ3) is 5.53. The second-order valence-electron chi connectivity index (χ2n) is 8.89. The number of nitrogens with zero attached hydrogens (tertiary/aromatic N) is 1. The summed E-state index contributed by atoms with van der Waals surface area (Å²) in [5.74, 6) is -0.922. The first kappa shape index (κ1) is 22.8. The molecule has 0 aromatic heterocycles. The number of ether oxygens (including phenoxy) is 1. The van der Waals surface area contributed by atoms with Crippen molar-refractivity contribution in [2.45, 2.75) is 44.6 Å². The van der Waals surface area contributed by atoms with Crippen molar-refractivity contribution in [3.63, 3.8) is 0 Å². The highest BCUT2D eigenvalue weighted by Gasteiger charge is 2.31. The van der Waals surface area contributed by atoms with E-state index < -0.39 is 18.1 Å². The molecule has 2 aliphatic carbocycles. The molecule has 0 unspecified atom stereocenters. The van der Waals surface area contributed by atoms with Crippen molar-refractivity contribution in [2.75, 3.05) is 19.7 Å². The highest BCUT2D eigenvalue weighted by molar-refractivity contribution is 5.82. The van der Waals surface area contributed by atoms with Crippen LogP contribution in [0.2, 0.25) is 0 Å². The van der Waals surface area contributed by atoms with Crippen LogP contribution in [0.15, 0.2) is 48.5 Å². The molecule has 0 spiro atoms. The van der Waals surface area contributed by atoms with Crippen LogP contribution in [0, 0.1) is 5.92 Å². The van der Waals surface area contributed by atoms with Crippen molar-refractivity contribution in [2.24, 2.45) is 5.92 Å². The van der Waals surface area contributed by atoms with Crippen molar-refractivity contribution in [1.82, 2.24) is 10.2 Å². The number of aliphatic carboxylic acids is 1. The normalized spacial score (nSPS) is 15.3. The van der Waals surface area contributed by atoms with Gasteiger partial charge in [0, 0.05) is 24.9 Å². The Labute approximate surface area is 193 Å². The minimum atomic E-state index is -1.03. The van der Waals surface area contributed by atoms with Crippen LogP contribution < -0.4 is 5.32 Å². The van der Waals surface area contributed by atoms with Gasteiger partial charge in [-0.2, -0.15) is 0 Å². The monoisotopic (exact) mass is 450 g/mol. The summed E-state index contributed by atoms with van der Waals surface area (Å²) in [6.07, 6.45) is 2.08. The molecule has 0 saturated heterocycles. The van der Waals surface area contributed by atoms with E-state index in [-0.39, 0.29) is 31.4 Å². The third-order valence-electron chi connectivity index (χ3n) is 6.43. The lowest BCUT2D eigenvalue weighted by Crippen LogP contribution is -2.43. The first-order valence-corrected chi connectivity index (χ1v) is 11.6. The molecule has 2 aliphatic rings. The van der Waals surface area contributed by atoms with Crippen molar-refractivity contribution in [3.05, 3.63) is 59.7 Å². The van der Waals surface area contributed by atoms with Gasteiger partial charge in [0.1, 0.15) is 13.2 Å². The quantitative estimate of drug-likeness (QED) is 0.570. The fraction of sp³-hybridized carbons (Fsp3) is 0.423. The summed E-state index contributed by atoms with van der Waals surface area (Å²) >= 11 is 0. The van der Waals surface area contributed by atoms with Gasteiger partial charge in [-0.3, -0.25) is 9.59 Å². The molecule has 1 atom stereocenters. The number of benzene rings is 2. The number of alkyl carbamates (subject to hydrolysis) is 1. The van der Waals surface area contributed by atoms with Crippen LogP contribution in [-0.4, -0.2) is 53.7 Å². The molecule has 7 nitrogen and oxygen atoms in total. The molecular formula is C26H30N2O5. The molecule has 0 radical (unpaired) electrons. The molecule has 7 heteroatoms. The van der Waals surface area contributed by atoms with E-state index in [0.29, 0.717) is 18.9 Å². The van der Waals surface area contributed by atoms with Crippen molar-refractivity contribution < 1.29 is 24.2 Å². The molecule has 0 aliphatic heterocycles. The second-order valence-corrected chi connectivity index (χ2v) is 8.89. The summed E-state index contributed by atoms with van der Waals surface area (Å²) < 4.78 is 5.58. The zero-order chi connectivity index (χ0) is 23.4. The largest absolute Gasteiger partial charge is 0.480 e. The Hall–Kier alpha value is -3.35. The van der Waals surface area contributed by atoms with Crippen LogP contribution >= 0.6 is 0 Å². The fourth-order valence-electron chi connectivity index (χ4n) is 4.47. The number of hydrogen-bond donors (Lipinski definition) is 2. The smallest absolute Gasteiger partial charge is 0.407 e. The van der Waals surface area contributed by atoms with Gasteiger partial charge in [0.05, 0.1) is 0 Å². The molecule has 174 valence electrons. The summed E-state index contributed by atoms with van der Waals surface area (Å²) in [6, 6.07) is 15.9. The molecule has 0 bridgehead atoms. The van der Waals surface area contributed by atoms with Gasteiger partial charge in [-0.05, 0) is 47.4 Å². The number of carbonyl (C=O) groups is 3. The maximum absolute atomic E-state index is 12.7. The fourth-order valence-corrected chi connectivity index (χ4v) is 4.47. The maximum Gasteiger partial charge on any atom is 0.407 e. The Balaban J connectivity index is 1.34. The Bertz CT molecular complexity index is 987. The third-order valence-corrected chi connectivity index (χ3v) is 6.43. The summed E-state index contributed by atoms with van der Waals surface area (Å²) in [4.78, 5) is 37.8. The first-order valence-electron chi connectivity index (χ1n) is 11.6. The van der Waals surface area contributed by atoms with Gasteiger partial charge in [-0.25, -0.2) is 4.79 Å². The van der Waals surface area contributed by atoms with E-state index in [9.17, 15) is 14.4 Å². The van der Waals surface area contributed by atoms with Gasteiger partial charge in [-0.1, -0.05) is 55.5 Å². The average molecular weight is 451 g/mol. The molecule has 2 amide bonds. The molecular weight excluding hydrogens is 420 g/mol. The topological polar surface area (TPSA) is 95.9 Å². The van der Waals surface area contributed by atoms with Gasteiger partial charge in [0.25, 0.3) is 0 Å². The number of carboxylic acid groups (broad SMARTS) is 1. The first-order chi connectivity index (χ1) is 16.0. The maximum atomic E-state index is 12.7. The average Bonchev–Trinajstić information content (AvgIpc) is 3.57. The van der Waals surface area contributed by atoms with E-state index in [2.05, 4.69) is 29.6 Å². The molecule has 2 aromatic rings. The highest BCUT2D eigenvalue weighted by atomic mass is 16.5. The summed E-state index contributed by atoms with van der Waals surface area (Å²) in [5, 5.41) is 11.9. The highest BCUT2D eigenvalue weighted by Crippen LogP contribution is 2.44. The van der Waals surface area contributed by atoms with E-state index in [1.165, 1.54) is 4.90 Å². The van der Waals surface area contributed by atoms with Gasteiger partial charge in [0.15, 0.2) is 0 Å². The predicted molar refractivity (Wildman–Crippen MR) is 124 cm³/mol. The summed E-state index contributed by atoms with van der Waals surface area (Å²) in [7, 11) is 0. The van der Waals surface area contributed by atoms with Gasteiger partial charge < -0.3 is 20.1 Å². The molecule has 1 fully saturated rings. The van der Waals surface area contributed by atoms with Crippen LogP contribution in [-0.2, 0) is 14.3 Å². The number of carboxylic acids is 1. The van der Waals surface area contributed by atoms with E-state index in [1.807, 2.05) is 31.2 Å². The van der Waals surface area contributed by atoms with E-state index in [0.717, 1.165) is 35.1 Å². The lowest BCUT2D eigenvalue weighted by atomic mass is 9.98. The SMILES string of the molecule is CC[C@H](CC(=O)N(CC(=O)O)CC1CC1)NC(=O)OCC1c2ccccc2-c2ccccc21. The zero-order valence-electron chi connectivity index (χ0n) is 18.8. The summed E-state index contributed by atoms with van der Waals surface area (Å²) in [5.41, 5.74) is 4.60. The number of rotatable bonds is 10. The van der Waals surface area contributed by atoms with Crippen LogP contribution in [0.1, 0.15) is 49.7 Å². The van der Waals surface area contributed by atoms with Crippen molar-refractivity contribution in [3.8, 4) is 11.1 Å². The van der Waals surface area contributed by atoms with Gasteiger partial charge in [-0.15, -0.1) is 0 Å². The molecule has 2 aromatic carbocycles. The number of hydrogen-bond acceptors (Lipinski definition) is 4. The number of nitrogens with one attached hydrogen (secondary N) is 1. The molecule has 4 rings (SSSR count). The minimum Gasteiger partial charge on any atom is -0.480 e. The molecule has 0 heterocycles. The number of amides is 2. The van der Waals surface area contributed by atoms with Crippen LogP contribution in [0.3, 0.4) is 0 Å². The van der Waals surface area contributed by atoms with E-state index in [4.69, 9.17) is 9.84 Å². The molecule has 1 saturated carbocycles. The predicted octanol–water partition coefficient (Wildman–Crippen LogP) is 4.02. The number of fused-ring (bicyclic) bond motifs is 3. The second kappa shape index (κ2) is 10.1. The standard InChI is InChI=1S/C26H30N2O5/c1-2-18(13-24(29)28(15-25(30)31)14-17-11-12-17)27-26(32)33-16-23-21-9-5-3-7-19(21)20-8-4-6-10-22(20)23/h3-10,17-18,23H,2,11-16H2,1H3,(H,27,32)(H,30,31)/t18-/m1/s1. The van der Waals surface area contributed by atoms with Gasteiger partial charge >= 0.3 is 12.1 Å². The summed E-state index contributed by atoms with van der Waals surface area (Å²) in [6.45, 7) is 2.24. The number of carbonyl (C=O) groups excluding carboxylic acids is 2.